The number of rotatable bonds is 6. The Labute approximate surface area is 126 Å². The van der Waals surface area contributed by atoms with E-state index < -0.39 is 0 Å². The summed E-state index contributed by atoms with van der Waals surface area (Å²) in [5.41, 5.74) is 0.997. The second kappa shape index (κ2) is 6.37. The van der Waals surface area contributed by atoms with Crippen molar-refractivity contribution in [2.24, 2.45) is 5.92 Å². The third-order valence-corrected chi connectivity index (χ3v) is 3.99. The van der Waals surface area contributed by atoms with Crippen LogP contribution in [0.5, 0.6) is 11.5 Å². The van der Waals surface area contributed by atoms with Crippen LogP contribution in [-0.2, 0) is 11.2 Å². The number of benzene rings is 1. The van der Waals surface area contributed by atoms with E-state index in [0.29, 0.717) is 12.3 Å². The van der Waals surface area contributed by atoms with Crippen LogP contribution in [0.15, 0.2) is 18.2 Å². The van der Waals surface area contributed by atoms with Gasteiger partial charge in [-0.3, -0.25) is 4.79 Å². The molecule has 0 aliphatic carbocycles. The van der Waals surface area contributed by atoms with Gasteiger partial charge in [-0.1, -0.05) is 13.8 Å². The molecule has 1 N–H and O–H groups in total. The SMILES string of the molecule is COc1cc(CC2(CC(C)C)CCC(=O)N2)cc(OC)c1. The number of nitrogens with one attached hydrogen (secondary N) is 1. The molecule has 21 heavy (non-hydrogen) atoms. The molecule has 1 aromatic rings. The largest absolute Gasteiger partial charge is 0.497 e. The van der Waals surface area contributed by atoms with Gasteiger partial charge in [-0.2, -0.15) is 0 Å². The van der Waals surface area contributed by atoms with Gasteiger partial charge in [-0.25, -0.2) is 0 Å². The van der Waals surface area contributed by atoms with Gasteiger partial charge in [-0.15, -0.1) is 0 Å². The molecule has 1 fully saturated rings. The number of hydrogen-bond donors (Lipinski definition) is 1. The maximum atomic E-state index is 11.7. The predicted octanol–water partition coefficient (Wildman–Crippen LogP) is 2.94. The number of ether oxygens (including phenoxy) is 2. The highest BCUT2D eigenvalue weighted by Crippen LogP contribution is 2.33. The summed E-state index contributed by atoms with van der Waals surface area (Å²) in [4.78, 5) is 11.7. The fourth-order valence-electron chi connectivity index (χ4n) is 3.27. The zero-order chi connectivity index (χ0) is 15.5. The highest BCUT2D eigenvalue weighted by molar-refractivity contribution is 5.79. The first-order chi connectivity index (χ1) is 9.96. The molecule has 1 unspecified atom stereocenters. The second-order valence-corrected chi connectivity index (χ2v) is 6.32. The van der Waals surface area contributed by atoms with Crippen molar-refractivity contribution in [2.45, 2.75) is 45.1 Å². The molecule has 1 saturated heterocycles. The van der Waals surface area contributed by atoms with E-state index in [1.54, 1.807) is 14.2 Å². The van der Waals surface area contributed by atoms with Crippen LogP contribution < -0.4 is 14.8 Å². The van der Waals surface area contributed by atoms with Crippen LogP contribution in [0.2, 0.25) is 0 Å². The fraction of sp³-hybridized carbons (Fsp3) is 0.588. The summed E-state index contributed by atoms with van der Waals surface area (Å²) in [6, 6.07) is 5.91. The molecule has 116 valence electrons. The van der Waals surface area contributed by atoms with E-state index in [1.807, 2.05) is 18.2 Å². The Kier molecular flexibility index (Phi) is 4.76. The lowest BCUT2D eigenvalue weighted by Crippen LogP contribution is -2.44. The topological polar surface area (TPSA) is 47.6 Å². The lowest BCUT2D eigenvalue weighted by atomic mass is 9.82. The van der Waals surface area contributed by atoms with E-state index in [2.05, 4.69) is 19.2 Å². The number of carbonyl (C=O) groups excluding carboxylic acids is 1. The predicted molar refractivity (Wildman–Crippen MR) is 82.8 cm³/mol. The van der Waals surface area contributed by atoms with E-state index >= 15 is 0 Å². The molecule has 1 heterocycles. The molecule has 0 bridgehead atoms. The van der Waals surface area contributed by atoms with Gasteiger partial charge in [0.05, 0.1) is 14.2 Å². The maximum absolute atomic E-state index is 11.7. The normalized spacial score (nSPS) is 21.5. The van der Waals surface area contributed by atoms with Crippen molar-refractivity contribution in [3.8, 4) is 11.5 Å². The molecule has 4 nitrogen and oxygen atoms in total. The molecular weight excluding hydrogens is 266 g/mol. The van der Waals surface area contributed by atoms with Gasteiger partial charge in [0, 0.05) is 18.0 Å². The molecule has 0 aromatic heterocycles. The summed E-state index contributed by atoms with van der Waals surface area (Å²) in [5.74, 6) is 2.27. The molecule has 1 amide bonds. The summed E-state index contributed by atoms with van der Waals surface area (Å²) in [6.07, 6.45) is 3.31. The summed E-state index contributed by atoms with van der Waals surface area (Å²) in [7, 11) is 3.31. The van der Waals surface area contributed by atoms with Gasteiger partial charge in [0.25, 0.3) is 0 Å². The molecule has 0 saturated carbocycles. The summed E-state index contributed by atoms with van der Waals surface area (Å²) in [5, 5.41) is 3.20. The minimum absolute atomic E-state index is 0.136. The summed E-state index contributed by atoms with van der Waals surface area (Å²) in [6.45, 7) is 4.39. The van der Waals surface area contributed by atoms with Crippen LogP contribution in [0.4, 0.5) is 0 Å². The number of methoxy groups -OCH3 is 2. The zero-order valence-electron chi connectivity index (χ0n) is 13.4. The minimum Gasteiger partial charge on any atom is -0.497 e. The zero-order valence-corrected chi connectivity index (χ0v) is 13.4. The Morgan fingerprint density at radius 1 is 1.19 bits per heavy atom. The average molecular weight is 291 g/mol. The third-order valence-electron chi connectivity index (χ3n) is 3.99. The molecule has 4 heteroatoms. The van der Waals surface area contributed by atoms with Crippen LogP contribution >= 0.6 is 0 Å². The number of hydrogen-bond acceptors (Lipinski definition) is 3. The van der Waals surface area contributed by atoms with Gasteiger partial charge in [0.2, 0.25) is 5.91 Å². The first kappa shape index (κ1) is 15.7. The minimum atomic E-state index is -0.136. The molecule has 1 aromatic carbocycles. The molecule has 0 radical (unpaired) electrons. The van der Waals surface area contributed by atoms with Crippen molar-refractivity contribution in [3.05, 3.63) is 23.8 Å². The van der Waals surface area contributed by atoms with Crippen LogP contribution in [0.3, 0.4) is 0 Å². The number of amides is 1. The van der Waals surface area contributed by atoms with Crippen LogP contribution in [-0.4, -0.2) is 25.7 Å². The first-order valence-electron chi connectivity index (χ1n) is 7.49. The Hall–Kier alpha value is -1.71. The molecule has 1 atom stereocenters. The summed E-state index contributed by atoms with van der Waals surface area (Å²) < 4.78 is 10.7. The van der Waals surface area contributed by atoms with E-state index in [4.69, 9.17) is 9.47 Å². The maximum Gasteiger partial charge on any atom is 0.220 e. The van der Waals surface area contributed by atoms with Gasteiger partial charge in [0.15, 0.2) is 0 Å². The third kappa shape index (κ3) is 3.90. The van der Waals surface area contributed by atoms with Crippen LogP contribution in [0.1, 0.15) is 38.7 Å². The molecule has 1 aliphatic heterocycles. The standard InChI is InChI=1S/C17H25NO3/c1-12(2)10-17(6-5-16(19)18-17)11-13-7-14(20-3)9-15(8-13)21-4/h7-9,12H,5-6,10-11H2,1-4H3,(H,18,19). The second-order valence-electron chi connectivity index (χ2n) is 6.32. The van der Waals surface area contributed by atoms with Crippen LogP contribution in [0.25, 0.3) is 0 Å². The van der Waals surface area contributed by atoms with Gasteiger partial charge in [0.1, 0.15) is 11.5 Å². The van der Waals surface area contributed by atoms with Crippen LogP contribution in [0, 0.1) is 5.92 Å². The van der Waals surface area contributed by atoms with Crippen molar-refractivity contribution in [1.82, 2.24) is 5.32 Å². The highest BCUT2D eigenvalue weighted by Gasteiger charge is 2.38. The lowest BCUT2D eigenvalue weighted by molar-refractivity contribution is -0.119. The average Bonchev–Trinajstić information content (AvgIpc) is 2.78. The van der Waals surface area contributed by atoms with Gasteiger partial charge >= 0.3 is 0 Å². The smallest absolute Gasteiger partial charge is 0.220 e. The molecule has 0 spiro atoms. The molecule has 2 rings (SSSR count). The summed E-state index contributed by atoms with van der Waals surface area (Å²) >= 11 is 0. The first-order valence-corrected chi connectivity index (χ1v) is 7.49. The van der Waals surface area contributed by atoms with Crippen molar-refractivity contribution in [3.63, 3.8) is 0 Å². The molecule has 1 aliphatic rings. The van der Waals surface area contributed by atoms with Crippen molar-refractivity contribution >= 4 is 5.91 Å². The Bertz CT molecular complexity index is 491. The lowest BCUT2D eigenvalue weighted by Gasteiger charge is -2.31. The van der Waals surface area contributed by atoms with Crippen molar-refractivity contribution in [1.29, 1.82) is 0 Å². The van der Waals surface area contributed by atoms with Crippen molar-refractivity contribution < 1.29 is 14.3 Å². The van der Waals surface area contributed by atoms with Gasteiger partial charge in [-0.05, 0) is 42.9 Å². The van der Waals surface area contributed by atoms with E-state index in [0.717, 1.165) is 36.3 Å². The Morgan fingerprint density at radius 2 is 1.81 bits per heavy atom. The fourth-order valence-corrected chi connectivity index (χ4v) is 3.27. The number of carbonyl (C=O) groups is 1. The highest BCUT2D eigenvalue weighted by atomic mass is 16.5. The monoisotopic (exact) mass is 291 g/mol. The van der Waals surface area contributed by atoms with E-state index in [-0.39, 0.29) is 11.4 Å². The Balaban J connectivity index is 2.26. The van der Waals surface area contributed by atoms with Crippen molar-refractivity contribution in [2.75, 3.05) is 14.2 Å². The van der Waals surface area contributed by atoms with E-state index in [9.17, 15) is 4.79 Å². The Morgan fingerprint density at radius 3 is 2.24 bits per heavy atom. The van der Waals surface area contributed by atoms with Gasteiger partial charge < -0.3 is 14.8 Å². The quantitative estimate of drug-likeness (QED) is 0.876. The molecular formula is C17H25NO3. The van der Waals surface area contributed by atoms with E-state index in [1.165, 1.54) is 0 Å².